The van der Waals surface area contributed by atoms with Crippen molar-refractivity contribution in [2.45, 2.75) is 158 Å². The van der Waals surface area contributed by atoms with E-state index in [0.717, 1.165) is 33.0 Å². The maximum Gasteiger partial charge on any atom is 0.483 e. The number of carboxylic acid groups (broad SMARTS) is 2. The van der Waals surface area contributed by atoms with Crippen molar-refractivity contribution in [3.8, 4) is 0 Å². The average molecular weight is 1150 g/mol. The molecule has 2 fully saturated rings. The zero-order valence-corrected chi connectivity index (χ0v) is 43.6. The first-order valence-corrected chi connectivity index (χ1v) is 26.4. The van der Waals surface area contributed by atoms with Gasteiger partial charge in [0.25, 0.3) is 5.56 Å². The molecule has 1 aromatic rings. The van der Waals surface area contributed by atoms with E-state index in [-0.39, 0.29) is 19.4 Å². The zero-order valence-electron chi connectivity index (χ0n) is 41.8. The van der Waals surface area contributed by atoms with Crippen molar-refractivity contribution in [1.82, 2.24) is 41.5 Å². The molecule has 6 amide bonds. The summed E-state index contributed by atoms with van der Waals surface area (Å²) in [6, 6.07) is -8.33. The van der Waals surface area contributed by atoms with Crippen molar-refractivity contribution in [3.05, 3.63) is 33.1 Å². The number of hydrogen-bond donors (Lipinski definition) is 16. The van der Waals surface area contributed by atoms with Crippen molar-refractivity contribution in [2.75, 3.05) is 19.8 Å². The Labute approximate surface area is 436 Å². The van der Waals surface area contributed by atoms with Crippen molar-refractivity contribution in [2.24, 2.45) is 5.73 Å². The second-order valence-electron chi connectivity index (χ2n) is 17.5. The number of ether oxygens (including phenoxy) is 3. The van der Waals surface area contributed by atoms with Crippen LogP contribution in [0.4, 0.5) is 0 Å². The fourth-order valence-corrected chi connectivity index (χ4v) is 9.41. The van der Waals surface area contributed by atoms with Gasteiger partial charge in [0, 0.05) is 25.6 Å². The molecule has 0 saturated carbocycles. The number of nitrogens with zero attached hydrogens (tertiary/aromatic N) is 1. The van der Waals surface area contributed by atoms with E-state index in [4.69, 9.17) is 29.6 Å². The Kier molecular flexibility index (Phi) is 25.1. The number of H-pyrrole nitrogens is 1. The van der Waals surface area contributed by atoms with E-state index >= 15 is 0 Å². The molecule has 0 radical (unpaired) electrons. The summed E-state index contributed by atoms with van der Waals surface area (Å²) < 4.78 is 57.2. The maximum absolute atomic E-state index is 13.6. The first-order valence-electron chi connectivity index (χ1n) is 23.4. The summed E-state index contributed by atoms with van der Waals surface area (Å²) in [4.78, 5) is 148. The summed E-state index contributed by atoms with van der Waals surface area (Å²) in [6.07, 6.45) is -16.8. The topological polar surface area (TPSA) is 541 Å². The number of aliphatic hydroxyl groups excluding tert-OH is 4. The van der Waals surface area contributed by atoms with Crippen LogP contribution < -0.4 is 48.9 Å². The molecule has 436 valence electrons. The van der Waals surface area contributed by atoms with E-state index in [9.17, 15) is 92.4 Å². The molecule has 0 bridgehead atoms. The normalized spacial score (nSPS) is 26.2. The molecule has 3 heterocycles. The van der Waals surface area contributed by atoms with Gasteiger partial charge in [-0.05, 0) is 59.9 Å². The number of aliphatic hydroxyl groups is 4. The summed E-state index contributed by atoms with van der Waals surface area (Å²) in [7, 11) is -11.7. The van der Waals surface area contributed by atoms with E-state index < -0.39 is 192 Å². The van der Waals surface area contributed by atoms with Gasteiger partial charge in [0.1, 0.15) is 79.0 Å². The summed E-state index contributed by atoms with van der Waals surface area (Å²) >= 11 is 0. The quantitative estimate of drug-likeness (QED) is 0.0251. The van der Waals surface area contributed by atoms with E-state index in [1.54, 1.807) is 0 Å². The molecule has 35 nitrogen and oxygen atoms in total. The minimum absolute atomic E-state index is 0.0616. The van der Waals surface area contributed by atoms with Gasteiger partial charge in [-0.2, -0.15) is 4.31 Å². The van der Waals surface area contributed by atoms with Gasteiger partial charge in [-0.15, -0.1) is 0 Å². The van der Waals surface area contributed by atoms with Crippen LogP contribution in [0.15, 0.2) is 21.9 Å². The molecule has 0 spiro atoms. The number of rotatable bonds is 30. The predicted octanol–water partition coefficient (Wildman–Crippen LogP) is -6.68. The van der Waals surface area contributed by atoms with Gasteiger partial charge in [-0.25, -0.2) is 13.9 Å². The van der Waals surface area contributed by atoms with Crippen LogP contribution in [-0.2, 0) is 75.1 Å². The minimum atomic E-state index is -5.96. The number of carboxylic acids is 2. The largest absolute Gasteiger partial charge is 0.483 e. The predicted molar refractivity (Wildman–Crippen MR) is 253 cm³/mol. The van der Waals surface area contributed by atoms with Crippen LogP contribution in [0.5, 0.6) is 0 Å². The Morgan fingerprint density at radius 1 is 0.766 bits per heavy atom. The highest BCUT2D eigenvalue weighted by Crippen LogP contribution is 2.61. The molecule has 3 unspecified atom stereocenters. The van der Waals surface area contributed by atoms with E-state index in [2.05, 4.69) is 40.7 Å². The van der Waals surface area contributed by atoms with Crippen molar-refractivity contribution in [1.29, 1.82) is 0 Å². The molecule has 17 N–H and O–H groups in total. The summed E-state index contributed by atoms with van der Waals surface area (Å²) in [5.41, 5.74) is 3.69. The first-order chi connectivity index (χ1) is 35.8. The highest BCUT2D eigenvalue weighted by atomic mass is 31.3. The first kappa shape index (κ1) is 65.7. The van der Waals surface area contributed by atoms with Crippen LogP contribution in [0.2, 0.25) is 0 Å². The molecule has 17 atom stereocenters. The number of unbranched alkanes of at least 4 members (excludes halogenated alkanes) is 1. The van der Waals surface area contributed by atoms with Gasteiger partial charge in [0.05, 0.1) is 13.2 Å². The molecule has 0 aliphatic carbocycles. The number of phosphoric ester groups is 2. The van der Waals surface area contributed by atoms with Crippen LogP contribution >= 0.6 is 15.6 Å². The molecule has 3 rings (SSSR count). The summed E-state index contributed by atoms with van der Waals surface area (Å²) in [6.45, 7) is 3.42. The van der Waals surface area contributed by atoms with Gasteiger partial charge in [-0.1, -0.05) is 0 Å². The van der Waals surface area contributed by atoms with E-state index in [0.29, 0.717) is 11.0 Å². The number of aliphatic carboxylic acids is 2. The Bertz CT molecular complexity index is 2480. The molecule has 1 aromatic heterocycles. The molecule has 2 aliphatic heterocycles. The van der Waals surface area contributed by atoms with Crippen LogP contribution in [0.1, 0.15) is 73.0 Å². The van der Waals surface area contributed by atoms with Crippen LogP contribution in [0.3, 0.4) is 0 Å². The van der Waals surface area contributed by atoms with Gasteiger partial charge >= 0.3 is 33.3 Å². The lowest BCUT2D eigenvalue weighted by Gasteiger charge is -2.44. The van der Waals surface area contributed by atoms with Crippen molar-refractivity contribution < 1.29 is 115 Å². The molecule has 2 saturated heterocycles. The number of phosphoric acid groups is 2. The second-order valence-corrected chi connectivity index (χ2v) is 20.5. The lowest BCUT2D eigenvalue weighted by atomic mass is 9.96. The van der Waals surface area contributed by atoms with Gasteiger partial charge in [0.15, 0.2) is 12.5 Å². The molecule has 77 heavy (non-hydrogen) atoms. The molecule has 0 aromatic carbocycles. The highest BCUT2D eigenvalue weighted by Gasteiger charge is 2.52. The number of hydrogen-bond acceptors (Lipinski definition) is 23. The summed E-state index contributed by atoms with van der Waals surface area (Å²) in [5, 5.41) is 74.2. The molecule has 2 aliphatic rings. The number of nitrogens with two attached hydrogens (primary N) is 1. The van der Waals surface area contributed by atoms with Crippen molar-refractivity contribution in [3.63, 3.8) is 0 Å². The fraction of sp³-hybridized carbons (Fsp3) is 0.700. The van der Waals surface area contributed by atoms with Crippen LogP contribution in [-0.4, -0.2) is 202 Å². The van der Waals surface area contributed by atoms with E-state index in [1.165, 1.54) is 13.8 Å². The minimum Gasteiger partial charge on any atom is -0.481 e. The third-order valence-electron chi connectivity index (χ3n) is 11.4. The molecule has 37 heteroatoms. The zero-order chi connectivity index (χ0) is 58.3. The van der Waals surface area contributed by atoms with Gasteiger partial charge in [0.2, 0.25) is 35.4 Å². The Morgan fingerprint density at radius 2 is 1.34 bits per heavy atom. The maximum atomic E-state index is 13.6. The monoisotopic (exact) mass is 1150 g/mol. The second kappa shape index (κ2) is 29.4. The Morgan fingerprint density at radius 3 is 1.91 bits per heavy atom. The number of aromatic nitrogens is 2. The average Bonchev–Trinajstić information content (AvgIpc) is 3.61. The third kappa shape index (κ3) is 20.0. The Hall–Kier alpha value is -5.62. The molecular weight excluding hydrogens is 1080 g/mol. The van der Waals surface area contributed by atoms with Crippen molar-refractivity contribution >= 4 is 63.0 Å². The smallest absolute Gasteiger partial charge is 0.481 e. The summed E-state index contributed by atoms with van der Waals surface area (Å²) in [5.74, 6) is -8.82. The lowest BCUT2D eigenvalue weighted by Crippen LogP contribution is -2.66. The SMILES string of the molecule is CC(=O)N[C@H]1[C@@H](OP(=O)(O)OP(=O)(O)OC[C@H]2O[C@@H](n3ccc(=O)[nH]c3=O)[C@H](O)[C@@H]2O)O[C@H](CO)[C@@H](O)[C@@H]1OC(C)C(=O)N[C@@H](C)C(=O)N[C@H](CCC(=O)O)C(=O)N[C@@H](CCCCN)C(=O)N[C@H](C)C(=O)N[C@H](C)C(=O)O. The van der Waals surface area contributed by atoms with Gasteiger partial charge in [-0.3, -0.25) is 61.7 Å². The third-order valence-corrected chi connectivity index (χ3v) is 14.0. The number of nitrogens with one attached hydrogen (secondary N) is 7. The number of amides is 6. The van der Waals surface area contributed by atoms with Crippen LogP contribution in [0, 0.1) is 0 Å². The van der Waals surface area contributed by atoms with Gasteiger partial charge < -0.3 is 92.3 Å². The van der Waals surface area contributed by atoms with E-state index in [1.807, 2.05) is 4.98 Å². The standard InChI is InChI=1S/C40H65N9O26P2/c1-16(32(58)44-18(3)38(63)64)43-35(61)21(8-6-7-12-41)47-36(62)22(9-10-26(53)54)46-33(59)17(2)42-34(60)19(4)71-31-27(45-20(5)51)39(73-23(14-50)29(31)56)74-77(68,69)75-76(66,67)70-15-24-28(55)30(57)37(72-24)49-13-11-25(52)48-40(49)65/h11,13,16-19,21-24,27-31,37,39,50,55-57H,6-10,12,14-15,41H2,1-5H3,(H,42,60)(H,43,61)(H,44,58)(H,45,51)(H,46,59)(H,47,62)(H,53,54)(H,63,64)(H,66,67)(H,68,69)(H,48,52,65)/t16-,17+,18-,19?,21+,22-,23-,24-,27-,28-,29-,30-,31-,37-,39-/m1/s1. The lowest BCUT2D eigenvalue weighted by molar-refractivity contribution is -0.261. The number of aromatic amines is 1. The highest BCUT2D eigenvalue weighted by molar-refractivity contribution is 7.61. The number of carbonyl (C=O) groups excluding carboxylic acids is 6. The number of carbonyl (C=O) groups is 8. The Balaban J connectivity index is 1.73. The molecular formula is C40H65N9O26P2. The van der Waals surface area contributed by atoms with Crippen LogP contribution in [0.25, 0.3) is 0 Å². The fourth-order valence-electron chi connectivity index (χ4n) is 7.24.